The maximum Gasteiger partial charge on any atom is 0.286 e. The minimum Gasteiger partial charge on any atom is -0.506 e. The van der Waals surface area contributed by atoms with Gasteiger partial charge >= 0.3 is 0 Å². The number of hydrogen-bond acceptors (Lipinski definition) is 7. The number of aromatic hydroxyl groups is 1. The van der Waals surface area contributed by atoms with Crippen LogP contribution in [-0.4, -0.2) is 33.9 Å². The van der Waals surface area contributed by atoms with Crippen molar-refractivity contribution in [3.8, 4) is 5.75 Å². The average molecular weight is 468 g/mol. The van der Waals surface area contributed by atoms with Crippen LogP contribution in [0.5, 0.6) is 5.75 Å². The number of rotatable bonds is 3. The van der Waals surface area contributed by atoms with E-state index < -0.39 is 21.3 Å². The molecule has 4 aromatic rings. The summed E-state index contributed by atoms with van der Waals surface area (Å²) < 4.78 is 30.5. The molecule has 32 heavy (non-hydrogen) atoms. The van der Waals surface area contributed by atoms with E-state index in [0.717, 1.165) is 0 Å². The molecule has 4 heterocycles. The monoisotopic (exact) mass is 467 g/mol. The van der Waals surface area contributed by atoms with Crippen molar-refractivity contribution in [3.63, 3.8) is 0 Å². The maximum absolute atomic E-state index is 13.5. The van der Waals surface area contributed by atoms with Crippen molar-refractivity contribution in [1.82, 2.24) is 14.5 Å². The molecule has 2 N–H and O–H groups in total. The summed E-state index contributed by atoms with van der Waals surface area (Å²) in [6, 6.07) is 12.7. The van der Waals surface area contributed by atoms with Gasteiger partial charge in [0.1, 0.15) is 27.0 Å². The highest BCUT2D eigenvalue weighted by molar-refractivity contribution is 7.90. The van der Waals surface area contributed by atoms with E-state index >= 15 is 0 Å². The average Bonchev–Trinajstić information content (AvgIpc) is 2.76. The SMILES string of the molecule is O=c1c(C2=NS(=O)(=O)c3ccccc3N2)c(O)c2cccnc2n1Cc1ccnc(Cl)c1. The van der Waals surface area contributed by atoms with Gasteiger partial charge in [-0.1, -0.05) is 23.7 Å². The lowest BCUT2D eigenvalue weighted by molar-refractivity contribution is 0.477. The van der Waals surface area contributed by atoms with Crippen molar-refractivity contribution in [2.24, 2.45) is 4.40 Å². The van der Waals surface area contributed by atoms with Crippen LogP contribution >= 0.6 is 11.6 Å². The molecule has 0 unspecified atom stereocenters. The normalized spacial score (nSPS) is 14.5. The van der Waals surface area contributed by atoms with E-state index in [1.165, 1.54) is 23.0 Å². The summed E-state index contributed by atoms with van der Waals surface area (Å²) in [5.74, 6) is -0.679. The molecule has 0 aliphatic carbocycles. The van der Waals surface area contributed by atoms with Crippen molar-refractivity contribution in [2.45, 2.75) is 11.4 Å². The Morgan fingerprint density at radius 2 is 1.88 bits per heavy atom. The zero-order valence-electron chi connectivity index (χ0n) is 16.2. The van der Waals surface area contributed by atoms with E-state index in [2.05, 4.69) is 19.7 Å². The minimum atomic E-state index is -4.08. The lowest BCUT2D eigenvalue weighted by Gasteiger charge is -2.20. The molecule has 0 amide bonds. The van der Waals surface area contributed by atoms with Crippen LogP contribution in [0.3, 0.4) is 0 Å². The first-order valence-corrected chi connectivity index (χ1v) is 11.2. The van der Waals surface area contributed by atoms with Crippen LogP contribution in [0.25, 0.3) is 11.0 Å². The summed E-state index contributed by atoms with van der Waals surface area (Å²) in [4.78, 5) is 21.7. The van der Waals surface area contributed by atoms with Gasteiger partial charge in [0, 0.05) is 12.4 Å². The number of nitrogens with one attached hydrogen (secondary N) is 1. The highest BCUT2D eigenvalue weighted by atomic mass is 35.5. The molecule has 1 aliphatic heterocycles. The second-order valence-corrected chi connectivity index (χ2v) is 8.97. The summed E-state index contributed by atoms with van der Waals surface area (Å²) in [7, 11) is -4.08. The molecule has 5 rings (SSSR count). The number of para-hydroxylation sites is 1. The number of aromatic nitrogens is 3. The first kappa shape index (κ1) is 20.2. The summed E-state index contributed by atoms with van der Waals surface area (Å²) in [6.45, 7) is 0.0679. The van der Waals surface area contributed by atoms with Crippen LogP contribution in [0.2, 0.25) is 5.15 Å². The molecule has 3 aromatic heterocycles. The van der Waals surface area contributed by atoms with Gasteiger partial charge in [0.2, 0.25) is 0 Å². The van der Waals surface area contributed by atoms with E-state index in [-0.39, 0.29) is 44.7 Å². The van der Waals surface area contributed by atoms with E-state index in [1.807, 2.05) is 0 Å². The number of amidine groups is 1. The Labute approximate surface area is 186 Å². The molecule has 1 aliphatic rings. The third-order valence-corrected chi connectivity index (χ3v) is 6.53. The van der Waals surface area contributed by atoms with E-state index in [1.54, 1.807) is 42.5 Å². The van der Waals surface area contributed by atoms with Crippen molar-refractivity contribution in [2.75, 3.05) is 5.32 Å². The van der Waals surface area contributed by atoms with E-state index in [4.69, 9.17) is 11.6 Å². The van der Waals surface area contributed by atoms with Crippen molar-refractivity contribution < 1.29 is 13.5 Å². The molecular formula is C21H14ClN5O4S. The first-order chi connectivity index (χ1) is 15.3. The molecule has 0 radical (unpaired) electrons. The first-order valence-electron chi connectivity index (χ1n) is 9.37. The van der Waals surface area contributed by atoms with Gasteiger partial charge in [0.15, 0.2) is 5.84 Å². The second kappa shape index (κ2) is 7.43. The molecular weight excluding hydrogens is 454 g/mol. The number of anilines is 1. The van der Waals surface area contributed by atoms with Crippen LogP contribution < -0.4 is 10.9 Å². The van der Waals surface area contributed by atoms with Gasteiger partial charge in [0.05, 0.1) is 17.6 Å². The summed E-state index contributed by atoms with van der Waals surface area (Å²) in [5, 5.41) is 14.3. The topological polar surface area (TPSA) is 127 Å². The smallest absolute Gasteiger partial charge is 0.286 e. The Hall–Kier alpha value is -3.76. The lowest BCUT2D eigenvalue weighted by Crippen LogP contribution is -2.33. The lowest BCUT2D eigenvalue weighted by atomic mass is 10.1. The van der Waals surface area contributed by atoms with Gasteiger partial charge in [-0.2, -0.15) is 8.42 Å². The van der Waals surface area contributed by atoms with Crippen LogP contribution in [-0.2, 0) is 16.6 Å². The Morgan fingerprint density at radius 3 is 2.69 bits per heavy atom. The van der Waals surface area contributed by atoms with Crippen molar-refractivity contribution in [3.05, 3.63) is 87.6 Å². The van der Waals surface area contributed by atoms with E-state index in [9.17, 15) is 18.3 Å². The van der Waals surface area contributed by atoms with Crippen LogP contribution in [0.1, 0.15) is 11.1 Å². The fraction of sp³-hybridized carbons (Fsp3) is 0.0476. The second-order valence-electron chi connectivity index (χ2n) is 7.01. The molecule has 0 saturated carbocycles. The number of sulfonamides is 1. The molecule has 1 aromatic carbocycles. The predicted octanol–water partition coefficient (Wildman–Crippen LogP) is 2.76. The predicted molar refractivity (Wildman–Crippen MR) is 120 cm³/mol. The molecule has 0 saturated heterocycles. The quantitative estimate of drug-likeness (QED) is 0.443. The third kappa shape index (κ3) is 3.29. The Kier molecular flexibility index (Phi) is 4.68. The van der Waals surface area contributed by atoms with Crippen LogP contribution in [0, 0.1) is 0 Å². The van der Waals surface area contributed by atoms with Crippen LogP contribution in [0.4, 0.5) is 5.69 Å². The third-order valence-electron chi connectivity index (χ3n) is 4.99. The Morgan fingerprint density at radius 1 is 1.06 bits per heavy atom. The van der Waals surface area contributed by atoms with Gasteiger partial charge in [-0.15, -0.1) is 4.40 Å². The number of halogens is 1. The fourth-order valence-corrected chi connectivity index (χ4v) is 4.89. The Bertz CT molecular complexity index is 1600. The van der Waals surface area contributed by atoms with Crippen LogP contribution in [0.15, 0.2) is 75.0 Å². The molecule has 160 valence electrons. The number of benzene rings is 1. The maximum atomic E-state index is 13.5. The molecule has 0 bridgehead atoms. The summed E-state index contributed by atoms with van der Waals surface area (Å²) in [6.07, 6.45) is 3.00. The van der Waals surface area contributed by atoms with Crippen molar-refractivity contribution in [1.29, 1.82) is 0 Å². The highest BCUT2D eigenvalue weighted by Crippen LogP contribution is 2.31. The zero-order valence-corrected chi connectivity index (χ0v) is 17.8. The number of hydrogen-bond donors (Lipinski definition) is 2. The van der Waals surface area contributed by atoms with Gasteiger partial charge in [-0.05, 0) is 42.0 Å². The van der Waals surface area contributed by atoms with Gasteiger partial charge in [-0.3, -0.25) is 9.36 Å². The Balaban J connectivity index is 1.77. The molecule has 9 nitrogen and oxygen atoms in total. The number of fused-ring (bicyclic) bond motifs is 2. The number of pyridine rings is 3. The largest absolute Gasteiger partial charge is 0.506 e. The van der Waals surface area contributed by atoms with E-state index in [0.29, 0.717) is 5.56 Å². The standard InChI is InChI=1S/C21H14ClN5O4S/c22-16-10-12(7-9-23-16)11-27-20-13(4-3-8-24-20)18(28)17(21(27)29)19-25-14-5-1-2-6-15(14)32(30,31)26-19/h1-10,28H,11H2,(H,25,26). The summed E-state index contributed by atoms with van der Waals surface area (Å²) in [5.41, 5.74) is 0.222. The zero-order chi connectivity index (χ0) is 22.5. The molecule has 0 atom stereocenters. The van der Waals surface area contributed by atoms with Gasteiger partial charge in [-0.25, -0.2) is 9.97 Å². The molecule has 0 spiro atoms. The molecule has 0 fully saturated rings. The van der Waals surface area contributed by atoms with Gasteiger partial charge < -0.3 is 10.4 Å². The minimum absolute atomic E-state index is 0.0163. The highest BCUT2D eigenvalue weighted by Gasteiger charge is 2.29. The van der Waals surface area contributed by atoms with Crippen molar-refractivity contribution >= 4 is 44.2 Å². The number of nitrogens with zero attached hydrogens (tertiary/aromatic N) is 4. The fourth-order valence-electron chi connectivity index (χ4n) is 3.57. The van der Waals surface area contributed by atoms with Gasteiger partial charge in [0.25, 0.3) is 15.6 Å². The summed E-state index contributed by atoms with van der Waals surface area (Å²) >= 11 is 5.98. The molecule has 11 heteroatoms.